The number of piperazine rings is 1. The van der Waals surface area contributed by atoms with Gasteiger partial charge in [0.15, 0.2) is 6.10 Å². The lowest BCUT2D eigenvalue weighted by Gasteiger charge is -2.29. The molecule has 2 amide bonds. The summed E-state index contributed by atoms with van der Waals surface area (Å²) in [7, 11) is 0. The molecule has 1 atom stereocenters. The molecule has 1 unspecified atom stereocenters. The summed E-state index contributed by atoms with van der Waals surface area (Å²) in [6.45, 7) is 1.59. The molecule has 0 saturated carbocycles. The van der Waals surface area contributed by atoms with Crippen molar-refractivity contribution in [2.24, 2.45) is 0 Å². The number of carbonyl (C=O) groups excluding carboxylic acids is 2. The van der Waals surface area contributed by atoms with E-state index >= 15 is 0 Å². The fourth-order valence-corrected chi connectivity index (χ4v) is 2.95. The molecule has 1 aromatic rings. The van der Waals surface area contributed by atoms with Gasteiger partial charge in [0.2, 0.25) is 5.91 Å². The van der Waals surface area contributed by atoms with Crippen LogP contribution in [0.25, 0.3) is 0 Å². The Morgan fingerprint density at radius 2 is 2.16 bits per heavy atom. The Hall–Kier alpha value is -1.60. The first kappa shape index (κ1) is 12.4. The molecule has 2 aliphatic rings. The zero-order valence-electron chi connectivity index (χ0n) is 9.94. The van der Waals surface area contributed by atoms with Gasteiger partial charge in [-0.15, -0.1) is 0 Å². The Balaban J connectivity index is 1.98. The van der Waals surface area contributed by atoms with Gasteiger partial charge in [-0.1, -0.05) is 0 Å². The van der Waals surface area contributed by atoms with Crippen molar-refractivity contribution in [3.8, 4) is 0 Å². The maximum Gasteiger partial charge on any atom is 0.257 e. The first-order valence-corrected chi connectivity index (χ1v) is 6.69. The first-order chi connectivity index (χ1) is 9.06. The molecule has 1 saturated heterocycles. The van der Waals surface area contributed by atoms with Crippen LogP contribution in [0.1, 0.15) is 11.7 Å². The fourth-order valence-electron chi connectivity index (χ4n) is 2.34. The lowest BCUT2D eigenvalue weighted by Crippen LogP contribution is -2.47. The summed E-state index contributed by atoms with van der Waals surface area (Å²) in [6, 6.07) is 3.51. The smallest absolute Gasteiger partial charge is 0.257 e. The van der Waals surface area contributed by atoms with E-state index in [1.807, 2.05) is 4.90 Å². The summed E-state index contributed by atoms with van der Waals surface area (Å²) in [6.07, 6.45) is -1.12. The third kappa shape index (κ3) is 2.08. The van der Waals surface area contributed by atoms with Gasteiger partial charge in [-0.25, -0.2) is 0 Å². The Kier molecular flexibility index (Phi) is 2.94. The summed E-state index contributed by atoms with van der Waals surface area (Å²) in [5, 5.41) is 15.1. The van der Waals surface area contributed by atoms with Gasteiger partial charge in [0.1, 0.15) is 0 Å². The van der Waals surface area contributed by atoms with Crippen molar-refractivity contribution in [3.05, 3.63) is 22.2 Å². The predicted octanol–water partition coefficient (Wildman–Crippen LogP) is 0.371. The average Bonchev–Trinajstić information content (AvgIpc) is 2.65. The molecule has 1 fully saturated rings. The van der Waals surface area contributed by atoms with Gasteiger partial charge in [-0.05, 0) is 28.1 Å². The molecule has 7 heteroatoms. The van der Waals surface area contributed by atoms with E-state index in [1.54, 1.807) is 12.1 Å². The van der Waals surface area contributed by atoms with Crippen LogP contribution in [0.3, 0.4) is 0 Å². The molecule has 2 aliphatic heterocycles. The number of nitrogens with zero attached hydrogens (tertiary/aromatic N) is 1. The molecular weight excluding hydrogens is 314 g/mol. The number of amides is 2. The number of anilines is 2. The van der Waals surface area contributed by atoms with Gasteiger partial charge in [0, 0.05) is 28.8 Å². The van der Waals surface area contributed by atoms with Gasteiger partial charge >= 0.3 is 0 Å². The number of rotatable bonds is 1. The highest BCUT2D eigenvalue weighted by atomic mass is 79.9. The van der Waals surface area contributed by atoms with Gasteiger partial charge in [-0.2, -0.15) is 0 Å². The Morgan fingerprint density at radius 3 is 2.89 bits per heavy atom. The van der Waals surface area contributed by atoms with E-state index in [0.717, 1.165) is 10.2 Å². The molecule has 0 bridgehead atoms. The topological polar surface area (TPSA) is 81.7 Å². The van der Waals surface area contributed by atoms with Crippen molar-refractivity contribution >= 4 is 39.1 Å². The summed E-state index contributed by atoms with van der Waals surface area (Å²) < 4.78 is 0.761. The number of benzene rings is 1. The van der Waals surface area contributed by atoms with Crippen LogP contribution < -0.4 is 15.5 Å². The number of hydrogen-bond acceptors (Lipinski definition) is 4. The first-order valence-electron chi connectivity index (χ1n) is 5.90. The monoisotopic (exact) mass is 325 g/mol. The molecule has 1 aromatic carbocycles. The van der Waals surface area contributed by atoms with E-state index in [-0.39, 0.29) is 12.5 Å². The maximum atomic E-state index is 11.4. The molecule has 2 heterocycles. The van der Waals surface area contributed by atoms with Gasteiger partial charge in [0.25, 0.3) is 5.91 Å². The second kappa shape index (κ2) is 4.50. The number of fused-ring (bicyclic) bond motifs is 1. The molecule has 0 spiro atoms. The number of halogens is 1. The SMILES string of the molecule is O=C1CN(c2cc3c(cc2Br)C(O)C(=O)N3)CCN1. The van der Waals surface area contributed by atoms with Crippen molar-refractivity contribution in [2.45, 2.75) is 6.10 Å². The van der Waals surface area contributed by atoms with Gasteiger partial charge in [0.05, 0.1) is 12.2 Å². The highest BCUT2D eigenvalue weighted by molar-refractivity contribution is 9.10. The molecule has 19 heavy (non-hydrogen) atoms. The zero-order valence-corrected chi connectivity index (χ0v) is 11.5. The minimum atomic E-state index is -1.12. The lowest BCUT2D eigenvalue weighted by atomic mass is 10.1. The third-order valence-corrected chi connectivity index (χ3v) is 3.93. The van der Waals surface area contributed by atoms with Crippen LogP contribution in [0.15, 0.2) is 16.6 Å². The average molecular weight is 326 g/mol. The van der Waals surface area contributed by atoms with Gasteiger partial charge < -0.3 is 20.6 Å². The van der Waals surface area contributed by atoms with Crippen molar-refractivity contribution < 1.29 is 14.7 Å². The van der Waals surface area contributed by atoms with Crippen LogP contribution in [0.5, 0.6) is 0 Å². The van der Waals surface area contributed by atoms with Crippen LogP contribution in [0.4, 0.5) is 11.4 Å². The van der Waals surface area contributed by atoms with E-state index in [2.05, 4.69) is 26.6 Å². The summed E-state index contributed by atoms with van der Waals surface area (Å²) in [4.78, 5) is 24.8. The number of aliphatic hydroxyl groups is 1. The molecule has 100 valence electrons. The molecular formula is C12H12BrN3O3. The van der Waals surface area contributed by atoms with E-state index in [0.29, 0.717) is 24.3 Å². The third-order valence-electron chi connectivity index (χ3n) is 3.30. The van der Waals surface area contributed by atoms with E-state index < -0.39 is 12.0 Å². The minimum Gasteiger partial charge on any atom is -0.378 e. The lowest BCUT2D eigenvalue weighted by molar-refractivity contribution is -0.123. The zero-order chi connectivity index (χ0) is 13.6. The molecule has 6 nitrogen and oxygen atoms in total. The highest BCUT2D eigenvalue weighted by Crippen LogP contribution is 2.39. The highest BCUT2D eigenvalue weighted by Gasteiger charge is 2.30. The largest absolute Gasteiger partial charge is 0.378 e. The van der Waals surface area contributed by atoms with Gasteiger partial charge in [-0.3, -0.25) is 9.59 Å². The molecule has 0 aromatic heterocycles. The van der Waals surface area contributed by atoms with Crippen molar-refractivity contribution in [1.82, 2.24) is 5.32 Å². The van der Waals surface area contributed by atoms with Crippen molar-refractivity contribution in [1.29, 1.82) is 0 Å². The van der Waals surface area contributed by atoms with Crippen LogP contribution in [0.2, 0.25) is 0 Å². The summed E-state index contributed by atoms with van der Waals surface area (Å²) >= 11 is 3.43. The van der Waals surface area contributed by atoms with Crippen LogP contribution >= 0.6 is 15.9 Å². The maximum absolute atomic E-state index is 11.4. The number of hydrogen-bond donors (Lipinski definition) is 3. The van der Waals surface area contributed by atoms with Crippen LogP contribution in [0, 0.1) is 0 Å². The van der Waals surface area contributed by atoms with Crippen molar-refractivity contribution in [2.75, 3.05) is 29.9 Å². The number of carbonyl (C=O) groups is 2. The Labute approximate surface area is 117 Å². The van der Waals surface area contributed by atoms with E-state index in [4.69, 9.17) is 0 Å². The quantitative estimate of drug-likeness (QED) is 0.697. The predicted molar refractivity (Wildman–Crippen MR) is 73.0 cm³/mol. The second-order valence-corrected chi connectivity index (χ2v) is 5.41. The van der Waals surface area contributed by atoms with Crippen LogP contribution in [-0.4, -0.2) is 36.6 Å². The normalized spacial score (nSPS) is 22.0. The Morgan fingerprint density at radius 1 is 1.37 bits per heavy atom. The molecule has 3 N–H and O–H groups in total. The second-order valence-electron chi connectivity index (χ2n) is 4.55. The van der Waals surface area contributed by atoms with E-state index in [9.17, 15) is 14.7 Å². The van der Waals surface area contributed by atoms with Crippen molar-refractivity contribution in [3.63, 3.8) is 0 Å². The minimum absolute atomic E-state index is 0.0253. The van der Waals surface area contributed by atoms with Crippen LogP contribution in [-0.2, 0) is 9.59 Å². The summed E-state index contributed by atoms with van der Waals surface area (Å²) in [5.41, 5.74) is 1.99. The number of nitrogens with one attached hydrogen (secondary N) is 2. The molecule has 0 aliphatic carbocycles. The molecule has 3 rings (SSSR count). The standard InChI is InChI=1S/C12H12BrN3O3/c13-7-3-6-8(15-12(19)11(6)18)4-9(7)16-2-1-14-10(17)5-16/h3-4,11,18H,1-2,5H2,(H,14,17)(H,15,19). The molecule has 0 radical (unpaired) electrons. The van der Waals surface area contributed by atoms with E-state index in [1.165, 1.54) is 0 Å². The summed E-state index contributed by atoms with van der Waals surface area (Å²) in [5.74, 6) is -0.446. The number of aliphatic hydroxyl groups excluding tert-OH is 1. The Bertz CT molecular complexity index is 576. The fraction of sp³-hybridized carbons (Fsp3) is 0.333.